The molecule has 1 aromatic carbocycles. The first-order valence-corrected chi connectivity index (χ1v) is 7.54. The fourth-order valence-electron chi connectivity index (χ4n) is 2.22. The van der Waals surface area contributed by atoms with Gasteiger partial charge in [0.25, 0.3) is 0 Å². The van der Waals surface area contributed by atoms with Crippen molar-refractivity contribution in [2.24, 2.45) is 5.10 Å². The Morgan fingerprint density at radius 2 is 2.14 bits per heavy atom. The number of nitrogens with zero attached hydrogens (tertiary/aromatic N) is 5. The van der Waals surface area contributed by atoms with Crippen LogP contribution >= 0.6 is 11.8 Å². The summed E-state index contributed by atoms with van der Waals surface area (Å²) in [7, 11) is 0. The molecule has 0 saturated carbocycles. The average Bonchev–Trinajstić information content (AvgIpc) is 3.11. The van der Waals surface area contributed by atoms with E-state index < -0.39 is 5.63 Å². The van der Waals surface area contributed by atoms with E-state index in [0.29, 0.717) is 28.1 Å². The molecule has 4 rings (SSSR count). The summed E-state index contributed by atoms with van der Waals surface area (Å²) in [6.45, 7) is 1.81. The Hall–Kier alpha value is -2.68. The summed E-state index contributed by atoms with van der Waals surface area (Å²) in [5, 5.41) is 15.8. The molecule has 9 heteroatoms. The number of fused-ring (bicyclic) bond motifs is 1. The van der Waals surface area contributed by atoms with Gasteiger partial charge in [0.1, 0.15) is 0 Å². The highest BCUT2D eigenvalue weighted by Crippen LogP contribution is 2.22. The number of aromatic amines is 1. The number of rotatable bonds is 2. The largest absolute Gasteiger partial charge is 0.437 e. The van der Waals surface area contributed by atoms with Gasteiger partial charge in [0, 0.05) is 12.1 Å². The Labute approximate surface area is 128 Å². The van der Waals surface area contributed by atoms with Gasteiger partial charge < -0.3 is 0 Å². The highest BCUT2D eigenvalue weighted by molar-refractivity contribution is 7.99. The number of aromatic nitrogens is 5. The van der Waals surface area contributed by atoms with E-state index in [4.69, 9.17) is 4.52 Å². The molecule has 0 bridgehead atoms. The van der Waals surface area contributed by atoms with Crippen LogP contribution in [-0.4, -0.2) is 31.6 Å². The Kier molecular flexibility index (Phi) is 2.93. The van der Waals surface area contributed by atoms with Crippen molar-refractivity contribution in [3.63, 3.8) is 0 Å². The number of hydrogen-bond donors (Lipinski definition) is 1. The van der Waals surface area contributed by atoms with Crippen molar-refractivity contribution in [2.75, 3.05) is 5.75 Å². The topological polar surface area (TPSA) is 92.9 Å². The molecule has 0 unspecified atom stereocenters. The molecule has 0 amide bonds. The van der Waals surface area contributed by atoms with E-state index in [1.165, 1.54) is 11.8 Å². The molecule has 1 aliphatic heterocycles. The lowest BCUT2D eigenvalue weighted by Gasteiger charge is -2.09. The highest BCUT2D eigenvalue weighted by atomic mass is 32.2. The van der Waals surface area contributed by atoms with E-state index in [2.05, 4.69) is 20.6 Å². The normalized spacial score (nSPS) is 13.8. The molecule has 110 valence electrons. The number of benzene rings is 1. The van der Waals surface area contributed by atoms with Gasteiger partial charge in [-0.2, -0.15) is 9.78 Å². The summed E-state index contributed by atoms with van der Waals surface area (Å²) in [4.78, 5) is 12.1. The molecule has 0 fully saturated rings. The molecule has 1 N–H and O–H groups in total. The molecule has 1 aliphatic rings. The molecular formula is C13H11N6O2S+. The smallest absolute Gasteiger partial charge is 0.282 e. The van der Waals surface area contributed by atoms with Gasteiger partial charge in [0.05, 0.1) is 5.75 Å². The van der Waals surface area contributed by atoms with Crippen LogP contribution in [0, 0.1) is 6.92 Å². The maximum Gasteiger partial charge on any atom is 0.437 e. The van der Waals surface area contributed by atoms with Gasteiger partial charge >= 0.3 is 11.3 Å². The Bertz CT molecular complexity index is 924. The molecule has 22 heavy (non-hydrogen) atoms. The molecule has 0 atom stereocenters. The van der Waals surface area contributed by atoms with Gasteiger partial charge in [0.2, 0.25) is 10.8 Å². The van der Waals surface area contributed by atoms with E-state index in [0.717, 1.165) is 5.69 Å². The van der Waals surface area contributed by atoms with Crippen molar-refractivity contribution < 1.29 is 9.20 Å². The SMILES string of the molecule is Cc1nnc2n1N=C(c1c(=O)o[nH][n+]1-c1ccccc1)CS2. The van der Waals surface area contributed by atoms with Gasteiger partial charge in [-0.05, 0) is 16.9 Å². The molecular weight excluding hydrogens is 304 g/mol. The first-order chi connectivity index (χ1) is 10.7. The molecule has 8 nitrogen and oxygen atoms in total. The minimum absolute atomic E-state index is 0.373. The third-order valence-corrected chi connectivity index (χ3v) is 4.19. The van der Waals surface area contributed by atoms with E-state index in [9.17, 15) is 4.79 Å². The molecule has 3 heterocycles. The van der Waals surface area contributed by atoms with Gasteiger partial charge in [-0.15, -0.1) is 10.2 Å². The van der Waals surface area contributed by atoms with Crippen molar-refractivity contribution >= 4 is 17.5 Å². The predicted molar refractivity (Wildman–Crippen MR) is 78.3 cm³/mol. The van der Waals surface area contributed by atoms with Crippen LogP contribution in [0.4, 0.5) is 0 Å². The molecule has 0 radical (unpaired) electrons. The van der Waals surface area contributed by atoms with E-state index in [-0.39, 0.29) is 0 Å². The second-order valence-electron chi connectivity index (χ2n) is 4.68. The van der Waals surface area contributed by atoms with Gasteiger partial charge in [-0.1, -0.05) is 30.0 Å². The van der Waals surface area contributed by atoms with Crippen molar-refractivity contribution in [3.05, 3.63) is 52.3 Å². The number of nitrogens with one attached hydrogen (secondary N) is 1. The number of H-pyrrole nitrogens is 1. The van der Waals surface area contributed by atoms with Gasteiger partial charge in [-0.3, -0.25) is 4.52 Å². The summed E-state index contributed by atoms with van der Waals surface area (Å²) in [6.07, 6.45) is 0. The first kappa shape index (κ1) is 13.0. The monoisotopic (exact) mass is 315 g/mol. The van der Waals surface area contributed by atoms with Crippen LogP contribution in [0.1, 0.15) is 11.5 Å². The standard InChI is InChI=1S/C13H10N6O2S/c1-8-14-15-13-18(8)16-10(7-22-13)11-12(20)21-17-19(11)9-5-3-2-4-6-9/h2-6H,7H2,1H3/p+1. The Balaban J connectivity index is 1.88. The van der Waals surface area contributed by atoms with Crippen molar-refractivity contribution in [3.8, 4) is 5.69 Å². The number of para-hydroxylation sites is 1. The summed E-state index contributed by atoms with van der Waals surface area (Å²) in [5.74, 6) is 1.19. The van der Waals surface area contributed by atoms with Gasteiger partial charge in [-0.25, -0.2) is 4.79 Å². The summed E-state index contributed by atoms with van der Waals surface area (Å²) in [5.41, 5.74) is 1.32. The van der Waals surface area contributed by atoms with Crippen molar-refractivity contribution in [1.82, 2.24) is 20.1 Å². The quantitative estimate of drug-likeness (QED) is 0.695. The summed E-state index contributed by atoms with van der Waals surface area (Å²) >= 11 is 1.48. The molecule has 0 spiro atoms. The zero-order valence-electron chi connectivity index (χ0n) is 11.6. The highest BCUT2D eigenvalue weighted by Gasteiger charge is 2.31. The first-order valence-electron chi connectivity index (χ1n) is 6.56. The molecule has 0 aliphatic carbocycles. The second kappa shape index (κ2) is 4.95. The lowest BCUT2D eigenvalue weighted by Crippen LogP contribution is -2.42. The Morgan fingerprint density at radius 3 is 2.95 bits per heavy atom. The van der Waals surface area contributed by atoms with Crippen LogP contribution in [0.15, 0.2) is 49.9 Å². The molecule has 2 aromatic heterocycles. The molecule has 3 aromatic rings. The maximum atomic E-state index is 12.1. The van der Waals surface area contributed by atoms with Crippen LogP contribution in [0.2, 0.25) is 0 Å². The third-order valence-electron chi connectivity index (χ3n) is 3.26. The van der Waals surface area contributed by atoms with Crippen LogP contribution in [-0.2, 0) is 0 Å². The van der Waals surface area contributed by atoms with E-state index in [1.807, 2.05) is 37.3 Å². The number of thioether (sulfide) groups is 1. The average molecular weight is 315 g/mol. The zero-order chi connectivity index (χ0) is 15.1. The van der Waals surface area contributed by atoms with Crippen molar-refractivity contribution in [1.29, 1.82) is 0 Å². The van der Waals surface area contributed by atoms with Crippen LogP contribution in [0.25, 0.3) is 5.69 Å². The fourth-order valence-corrected chi connectivity index (χ4v) is 3.07. The minimum Gasteiger partial charge on any atom is -0.282 e. The minimum atomic E-state index is -0.461. The second-order valence-corrected chi connectivity index (χ2v) is 5.62. The Morgan fingerprint density at radius 1 is 1.32 bits per heavy atom. The van der Waals surface area contributed by atoms with Crippen LogP contribution in [0.3, 0.4) is 0 Å². The van der Waals surface area contributed by atoms with Crippen LogP contribution < -0.4 is 10.3 Å². The predicted octanol–water partition coefficient (Wildman–Crippen LogP) is 0.503. The third kappa shape index (κ3) is 1.98. The summed E-state index contributed by atoms with van der Waals surface area (Å²) < 4.78 is 8.17. The van der Waals surface area contributed by atoms with Gasteiger partial charge in [0.15, 0.2) is 11.5 Å². The van der Waals surface area contributed by atoms with E-state index in [1.54, 1.807) is 9.36 Å². The lowest BCUT2D eigenvalue weighted by molar-refractivity contribution is -0.671. The lowest BCUT2D eigenvalue weighted by atomic mass is 10.2. The van der Waals surface area contributed by atoms with Crippen molar-refractivity contribution in [2.45, 2.75) is 12.1 Å². The van der Waals surface area contributed by atoms with E-state index >= 15 is 0 Å². The zero-order valence-corrected chi connectivity index (χ0v) is 12.4. The summed E-state index contributed by atoms with van der Waals surface area (Å²) in [6, 6.07) is 9.43. The number of hydrogen-bond acceptors (Lipinski definition) is 6. The maximum absolute atomic E-state index is 12.1. The fraction of sp³-hybridized carbons (Fsp3) is 0.154. The van der Waals surface area contributed by atoms with Crippen LogP contribution in [0.5, 0.6) is 0 Å². The molecule has 0 saturated heterocycles. The number of aryl methyl sites for hydroxylation is 1.